The lowest BCUT2D eigenvalue weighted by molar-refractivity contribution is 0.571. The van der Waals surface area contributed by atoms with Gasteiger partial charge >= 0.3 is 0 Å². The van der Waals surface area contributed by atoms with E-state index in [1.165, 1.54) is 6.07 Å². The van der Waals surface area contributed by atoms with E-state index in [9.17, 15) is 4.39 Å². The first kappa shape index (κ1) is 9.64. The van der Waals surface area contributed by atoms with Crippen molar-refractivity contribution in [3.8, 4) is 0 Å². The number of aromatic nitrogens is 3. The Bertz CT molecular complexity index is 478. The number of anilines is 1. The Balaban J connectivity index is 2.30. The van der Waals surface area contributed by atoms with E-state index in [2.05, 4.69) is 10.3 Å². The van der Waals surface area contributed by atoms with Crippen LogP contribution in [0.25, 0.3) is 0 Å². The quantitative estimate of drug-likeness (QED) is 0.807. The number of nitrogens with two attached hydrogens (primary N) is 1. The van der Waals surface area contributed by atoms with Gasteiger partial charge < -0.3 is 5.73 Å². The highest BCUT2D eigenvalue weighted by molar-refractivity contribution is 5.32. The van der Waals surface area contributed by atoms with Crippen molar-refractivity contribution < 1.29 is 4.39 Å². The van der Waals surface area contributed by atoms with Crippen LogP contribution in [0.1, 0.15) is 11.3 Å². The second-order valence-electron chi connectivity index (χ2n) is 3.31. The monoisotopic (exact) mass is 206 g/mol. The van der Waals surface area contributed by atoms with Crippen LogP contribution in [0.3, 0.4) is 0 Å². The lowest BCUT2D eigenvalue weighted by Gasteiger charge is -2.04. The van der Waals surface area contributed by atoms with E-state index in [0.29, 0.717) is 17.9 Å². The molecule has 2 N–H and O–H groups in total. The van der Waals surface area contributed by atoms with E-state index in [-0.39, 0.29) is 5.82 Å². The van der Waals surface area contributed by atoms with Crippen molar-refractivity contribution in [2.75, 3.05) is 5.73 Å². The van der Waals surface area contributed by atoms with Crippen LogP contribution >= 0.6 is 0 Å². The van der Waals surface area contributed by atoms with Gasteiger partial charge in [-0.15, -0.1) is 5.10 Å². The molecule has 0 amide bonds. The summed E-state index contributed by atoms with van der Waals surface area (Å²) in [4.78, 5) is 0. The Kier molecular flexibility index (Phi) is 2.37. The largest absolute Gasteiger partial charge is 0.381 e. The number of nitrogens with zero attached hydrogens (tertiary/aromatic N) is 3. The van der Waals surface area contributed by atoms with Gasteiger partial charge in [-0.1, -0.05) is 23.4 Å². The molecule has 0 fully saturated rings. The van der Waals surface area contributed by atoms with Gasteiger partial charge in [-0.05, 0) is 13.0 Å². The Hall–Kier alpha value is -1.91. The Morgan fingerprint density at radius 3 is 2.73 bits per heavy atom. The van der Waals surface area contributed by atoms with Gasteiger partial charge in [-0.25, -0.2) is 9.07 Å². The third-order valence-corrected chi connectivity index (χ3v) is 2.30. The van der Waals surface area contributed by atoms with Crippen LogP contribution in [0.15, 0.2) is 24.3 Å². The zero-order chi connectivity index (χ0) is 10.8. The van der Waals surface area contributed by atoms with Gasteiger partial charge in [-0.2, -0.15) is 0 Å². The normalized spacial score (nSPS) is 10.5. The molecule has 0 unspecified atom stereocenters. The van der Waals surface area contributed by atoms with E-state index in [0.717, 1.165) is 5.69 Å². The van der Waals surface area contributed by atoms with Crippen LogP contribution in [0, 0.1) is 12.7 Å². The minimum Gasteiger partial charge on any atom is -0.381 e. The van der Waals surface area contributed by atoms with E-state index in [4.69, 9.17) is 5.73 Å². The second kappa shape index (κ2) is 3.68. The molecular weight excluding hydrogens is 195 g/mol. The van der Waals surface area contributed by atoms with Crippen molar-refractivity contribution in [3.63, 3.8) is 0 Å². The predicted octanol–water partition coefficient (Wildman–Crippen LogP) is 1.36. The first-order valence-electron chi connectivity index (χ1n) is 4.57. The molecular formula is C10H11FN4. The maximum atomic E-state index is 13.3. The Labute approximate surface area is 86.5 Å². The second-order valence-corrected chi connectivity index (χ2v) is 3.31. The van der Waals surface area contributed by atoms with Crippen molar-refractivity contribution >= 4 is 5.82 Å². The topological polar surface area (TPSA) is 56.7 Å². The molecule has 4 nitrogen and oxygen atoms in total. The molecule has 5 heteroatoms. The molecule has 0 saturated heterocycles. The molecule has 0 aliphatic heterocycles. The van der Waals surface area contributed by atoms with Gasteiger partial charge in [0.1, 0.15) is 5.82 Å². The molecule has 1 heterocycles. The number of halogens is 1. The average molecular weight is 206 g/mol. The molecule has 0 bridgehead atoms. The molecule has 0 spiro atoms. The zero-order valence-corrected chi connectivity index (χ0v) is 8.31. The first-order valence-corrected chi connectivity index (χ1v) is 4.57. The zero-order valence-electron chi connectivity index (χ0n) is 8.31. The summed E-state index contributed by atoms with van der Waals surface area (Å²) in [5.74, 6) is 0.136. The molecule has 0 radical (unpaired) electrons. The van der Waals surface area contributed by atoms with Crippen LogP contribution in [-0.4, -0.2) is 15.0 Å². The Morgan fingerprint density at radius 1 is 1.40 bits per heavy atom. The van der Waals surface area contributed by atoms with Gasteiger partial charge in [0, 0.05) is 5.56 Å². The maximum absolute atomic E-state index is 13.3. The molecule has 1 aromatic heterocycles. The molecule has 0 atom stereocenters. The maximum Gasteiger partial charge on any atom is 0.168 e. The summed E-state index contributed by atoms with van der Waals surface area (Å²) in [5, 5.41) is 7.54. The van der Waals surface area contributed by atoms with Crippen molar-refractivity contribution in [1.82, 2.24) is 15.0 Å². The summed E-state index contributed by atoms with van der Waals surface area (Å²) in [6, 6.07) is 6.58. The van der Waals surface area contributed by atoms with Crippen LogP contribution < -0.4 is 5.73 Å². The lowest BCUT2D eigenvalue weighted by atomic mass is 10.2. The number of benzene rings is 1. The SMILES string of the molecule is Cc1c(N)nnn1Cc1ccccc1F. The van der Waals surface area contributed by atoms with E-state index >= 15 is 0 Å². The summed E-state index contributed by atoms with van der Waals surface area (Å²) in [6.07, 6.45) is 0. The van der Waals surface area contributed by atoms with Crippen LogP contribution in [0.4, 0.5) is 10.2 Å². The molecule has 0 aliphatic rings. The van der Waals surface area contributed by atoms with Crippen LogP contribution in [0.2, 0.25) is 0 Å². The van der Waals surface area contributed by atoms with Gasteiger partial charge in [0.25, 0.3) is 0 Å². The number of nitrogen functional groups attached to an aromatic ring is 1. The minimum absolute atomic E-state index is 0.244. The van der Waals surface area contributed by atoms with Gasteiger partial charge in [0.15, 0.2) is 5.82 Å². The van der Waals surface area contributed by atoms with E-state index in [1.54, 1.807) is 29.8 Å². The molecule has 78 valence electrons. The Morgan fingerprint density at radius 2 is 2.13 bits per heavy atom. The van der Waals surface area contributed by atoms with E-state index < -0.39 is 0 Å². The van der Waals surface area contributed by atoms with Crippen LogP contribution in [-0.2, 0) is 6.54 Å². The van der Waals surface area contributed by atoms with Crippen molar-refractivity contribution in [2.24, 2.45) is 0 Å². The van der Waals surface area contributed by atoms with E-state index in [1.807, 2.05) is 0 Å². The third kappa shape index (κ3) is 1.81. The molecule has 1 aromatic carbocycles. The fourth-order valence-electron chi connectivity index (χ4n) is 1.31. The molecule has 0 saturated carbocycles. The molecule has 2 aromatic rings. The fraction of sp³-hybridized carbons (Fsp3) is 0.200. The highest BCUT2D eigenvalue weighted by atomic mass is 19.1. The first-order chi connectivity index (χ1) is 7.18. The average Bonchev–Trinajstić information content (AvgIpc) is 2.53. The summed E-state index contributed by atoms with van der Waals surface area (Å²) in [7, 11) is 0. The third-order valence-electron chi connectivity index (χ3n) is 2.30. The standard InChI is InChI=1S/C10H11FN4/c1-7-10(12)13-14-15(7)6-8-4-2-3-5-9(8)11/h2-5H,6,12H2,1H3. The summed E-state index contributed by atoms with van der Waals surface area (Å²) in [5.41, 5.74) is 6.87. The van der Waals surface area contributed by atoms with Gasteiger partial charge in [0.05, 0.1) is 12.2 Å². The summed E-state index contributed by atoms with van der Waals surface area (Å²) < 4.78 is 14.9. The van der Waals surface area contributed by atoms with Gasteiger partial charge in [-0.3, -0.25) is 0 Å². The fourth-order valence-corrected chi connectivity index (χ4v) is 1.31. The number of hydrogen-bond acceptors (Lipinski definition) is 3. The van der Waals surface area contributed by atoms with Crippen molar-refractivity contribution in [1.29, 1.82) is 0 Å². The van der Waals surface area contributed by atoms with Crippen LogP contribution in [0.5, 0.6) is 0 Å². The lowest BCUT2D eigenvalue weighted by Crippen LogP contribution is -2.05. The molecule has 15 heavy (non-hydrogen) atoms. The number of hydrogen-bond donors (Lipinski definition) is 1. The highest BCUT2D eigenvalue weighted by Crippen LogP contribution is 2.11. The van der Waals surface area contributed by atoms with Crippen molar-refractivity contribution in [2.45, 2.75) is 13.5 Å². The molecule has 2 rings (SSSR count). The summed E-state index contributed by atoms with van der Waals surface area (Å²) >= 11 is 0. The van der Waals surface area contributed by atoms with Gasteiger partial charge in [0.2, 0.25) is 0 Å². The number of rotatable bonds is 2. The highest BCUT2D eigenvalue weighted by Gasteiger charge is 2.07. The van der Waals surface area contributed by atoms with Crippen molar-refractivity contribution in [3.05, 3.63) is 41.3 Å². The smallest absolute Gasteiger partial charge is 0.168 e. The summed E-state index contributed by atoms with van der Waals surface area (Å²) in [6.45, 7) is 2.15. The molecule has 0 aliphatic carbocycles. The predicted molar refractivity (Wildman–Crippen MR) is 54.7 cm³/mol. The minimum atomic E-state index is -0.244.